The summed E-state index contributed by atoms with van der Waals surface area (Å²) in [5, 5.41) is 10.9. The van der Waals surface area contributed by atoms with Crippen LogP contribution in [0.25, 0.3) is 0 Å². The number of amides is 5. The second-order valence-corrected chi connectivity index (χ2v) is 16.0. The number of rotatable bonds is 17. The molecule has 16 heteroatoms. The molecule has 5 amide bonds. The van der Waals surface area contributed by atoms with Gasteiger partial charge in [-0.1, -0.05) is 18.2 Å². The van der Waals surface area contributed by atoms with E-state index in [9.17, 15) is 24.0 Å². The van der Waals surface area contributed by atoms with Gasteiger partial charge in [-0.05, 0) is 112 Å². The van der Waals surface area contributed by atoms with E-state index >= 15 is 4.39 Å². The summed E-state index contributed by atoms with van der Waals surface area (Å²) in [4.78, 5) is 66.5. The smallest absolute Gasteiger partial charge is 0.410 e. The van der Waals surface area contributed by atoms with Gasteiger partial charge in [-0.3, -0.25) is 0 Å². The fourth-order valence-electron chi connectivity index (χ4n) is 5.01. The van der Waals surface area contributed by atoms with Crippen LogP contribution in [-0.2, 0) is 18.9 Å². The molecule has 15 nitrogen and oxygen atoms in total. The number of urea groups is 1. The van der Waals surface area contributed by atoms with E-state index in [-0.39, 0.29) is 30.0 Å². The molecule has 312 valence electrons. The van der Waals surface area contributed by atoms with Gasteiger partial charge in [0.25, 0.3) is 0 Å². The van der Waals surface area contributed by atoms with Gasteiger partial charge in [-0.25, -0.2) is 28.4 Å². The molecule has 0 radical (unpaired) electrons. The predicted molar refractivity (Wildman–Crippen MR) is 214 cm³/mol. The largest absolute Gasteiger partial charge is 0.465 e. The highest BCUT2D eigenvalue weighted by Crippen LogP contribution is 2.26. The highest BCUT2D eigenvalue weighted by Gasteiger charge is 2.25. The van der Waals surface area contributed by atoms with Crippen LogP contribution in [0, 0.1) is 5.82 Å². The first-order chi connectivity index (χ1) is 26.1. The van der Waals surface area contributed by atoms with Crippen molar-refractivity contribution in [2.75, 3.05) is 62.3 Å². The van der Waals surface area contributed by atoms with E-state index in [0.29, 0.717) is 57.5 Å². The second-order valence-electron chi connectivity index (χ2n) is 16.0. The Morgan fingerprint density at radius 3 is 1.64 bits per heavy atom. The summed E-state index contributed by atoms with van der Waals surface area (Å²) in [6.45, 7) is 17.8. The van der Waals surface area contributed by atoms with E-state index in [4.69, 9.17) is 18.9 Å². The average Bonchev–Trinajstić information content (AvgIpc) is 3.07. The fourth-order valence-corrected chi connectivity index (χ4v) is 5.01. The van der Waals surface area contributed by atoms with Gasteiger partial charge in [-0.15, -0.1) is 0 Å². The number of halogens is 1. The summed E-state index contributed by atoms with van der Waals surface area (Å²) in [7, 11) is 1.16. The van der Waals surface area contributed by atoms with Crippen molar-refractivity contribution >= 4 is 47.3 Å². The fraction of sp³-hybridized carbons (Fsp3) is 0.575. The number of benzene rings is 2. The van der Waals surface area contributed by atoms with Crippen LogP contribution in [0.4, 0.5) is 40.6 Å². The third-order valence-corrected chi connectivity index (χ3v) is 7.40. The highest BCUT2D eigenvalue weighted by molar-refractivity contribution is 6.05. The van der Waals surface area contributed by atoms with Crippen LogP contribution >= 0.6 is 0 Å². The van der Waals surface area contributed by atoms with E-state index in [1.54, 1.807) is 102 Å². The molecule has 0 saturated carbocycles. The molecule has 0 aliphatic rings. The molecule has 0 fully saturated rings. The number of anilines is 3. The minimum Gasteiger partial charge on any atom is -0.465 e. The minimum absolute atomic E-state index is 0.0278. The first-order valence-corrected chi connectivity index (χ1v) is 18.8. The van der Waals surface area contributed by atoms with Gasteiger partial charge in [0.05, 0.1) is 24.0 Å². The maximum atomic E-state index is 15.2. The van der Waals surface area contributed by atoms with Crippen LogP contribution in [0.5, 0.6) is 0 Å². The molecule has 0 saturated heterocycles. The zero-order valence-corrected chi connectivity index (χ0v) is 34.6. The van der Waals surface area contributed by atoms with E-state index in [1.807, 2.05) is 0 Å². The van der Waals surface area contributed by atoms with Crippen LogP contribution in [0.3, 0.4) is 0 Å². The Morgan fingerprint density at radius 2 is 1.14 bits per heavy atom. The topological polar surface area (TPSA) is 177 Å². The highest BCUT2D eigenvalue weighted by atomic mass is 19.1. The Balaban J connectivity index is 2.05. The van der Waals surface area contributed by atoms with Crippen molar-refractivity contribution in [1.29, 1.82) is 0 Å². The third kappa shape index (κ3) is 18.8. The van der Waals surface area contributed by atoms with E-state index in [1.165, 1.54) is 6.07 Å². The molecule has 4 N–H and O–H groups in total. The summed E-state index contributed by atoms with van der Waals surface area (Å²) in [6, 6.07) is 10.3. The zero-order chi connectivity index (χ0) is 42.1. The van der Waals surface area contributed by atoms with Gasteiger partial charge in [0.15, 0.2) is 0 Å². The number of methoxy groups -OCH3 is 1. The van der Waals surface area contributed by atoms with Crippen LogP contribution in [0.2, 0.25) is 0 Å². The first-order valence-electron chi connectivity index (χ1n) is 18.8. The molecule has 0 aliphatic carbocycles. The molecule has 0 atom stereocenters. The Hall–Kier alpha value is -5.28. The van der Waals surface area contributed by atoms with Crippen LogP contribution in [-0.4, -0.2) is 103 Å². The molecule has 0 heterocycles. The van der Waals surface area contributed by atoms with Gasteiger partial charge in [-0.2, -0.15) is 0 Å². The lowest BCUT2D eigenvalue weighted by Crippen LogP contribution is -2.40. The van der Waals surface area contributed by atoms with E-state index in [0.717, 1.165) is 13.2 Å². The standard InChI is InChI=1S/C40H61FN6O9/c1-38(2,3)54-35(50)43-21-17-25-47(37(52)56-40(7,8)9)23-15-14-22-46(36(51)55-39(4,5)6)24-16-20-42-32-27-31(29(26-30(32)41)33(48)53-10)45-34(49)44-28-18-12-11-13-19-28/h11-13,18-19,26-27,42H,14-17,20-25H2,1-10H3,(H,43,50)(H2,44,45,49). The second kappa shape index (κ2) is 21.7. The maximum absolute atomic E-state index is 15.2. The summed E-state index contributed by atoms with van der Waals surface area (Å²) >= 11 is 0. The lowest BCUT2D eigenvalue weighted by Gasteiger charge is -2.29. The van der Waals surface area contributed by atoms with Crippen molar-refractivity contribution in [2.45, 2.75) is 105 Å². The molecule has 0 aliphatic heterocycles. The number of carbonyl (C=O) groups is 5. The summed E-state index contributed by atoms with van der Waals surface area (Å²) < 4.78 is 36.5. The zero-order valence-electron chi connectivity index (χ0n) is 34.6. The average molecular weight is 789 g/mol. The Morgan fingerprint density at radius 1 is 0.643 bits per heavy atom. The van der Waals surface area contributed by atoms with Gasteiger partial charge in [0.2, 0.25) is 0 Å². The molecule has 2 aromatic carbocycles. The molecular formula is C40H61FN6O9. The van der Waals surface area contributed by atoms with Crippen LogP contribution in [0.15, 0.2) is 42.5 Å². The number of carbonyl (C=O) groups excluding carboxylic acids is 5. The van der Waals surface area contributed by atoms with Crippen molar-refractivity contribution in [1.82, 2.24) is 15.1 Å². The number of para-hydroxylation sites is 1. The van der Waals surface area contributed by atoms with Crippen molar-refractivity contribution in [3.8, 4) is 0 Å². The lowest BCUT2D eigenvalue weighted by molar-refractivity contribution is 0.0208. The van der Waals surface area contributed by atoms with Crippen molar-refractivity contribution in [2.24, 2.45) is 0 Å². The van der Waals surface area contributed by atoms with E-state index < -0.39 is 52.9 Å². The van der Waals surface area contributed by atoms with Gasteiger partial charge >= 0.3 is 30.3 Å². The molecule has 2 aromatic rings. The van der Waals surface area contributed by atoms with Crippen molar-refractivity contribution < 1.29 is 47.3 Å². The number of nitrogens with zero attached hydrogens (tertiary/aromatic N) is 2. The number of hydrogen-bond acceptors (Lipinski definition) is 10. The van der Waals surface area contributed by atoms with E-state index in [2.05, 4.69) is 21.3 Å². The minimum atomic E-state index is -0.831. The number of hydrogen-bond donors (Lipinski definition) is 4. The van der Waals surface area contributed by atoms with Crippen LogP contribution < -0.4 is 21.3 Å². The molecule has 56 heavy (non-hydrogen) atoms. The molecule has 0 spiro atoms. The van der Waals surface area contributed by atoms with Crippen molar-refractivity contribution in [3.63, 3.8) is 0 Å². The summed E-state index contributed by atoms with van der Waals surface area (Å²) in [5.41, 5.74) is -1.66. The first kappa shape index (κ1) is 46.9. The molecule has 0 unspecified atom stereocenters. The number of ether oxygens (including phenoxy) is 4. The summed E-state index contributed by atoms with van der Waals surface area (Å²) in [6.07, 6.45) is 0.411. The molecular weight excluding hydrogens is 727 g/mol. The molecule has 2 rings (SSSR count). The lowest BCUT2D eigenvalue weighted by atomic mass is 10.1. The quantitative estimate of drug-likeness (QED) is 0.0694. The summed E-state index contributed by atoms with van der Waals surface area (Å²) in [5.74, 6) is -1.57. The number of nitrogens with one attached hydrogen (secondary N) is 4. The predicted octanol–water partition coefficient (Wildman–Crippen LogP) is 8.23. The maximum Gasteiger partial charge on any atom is 0.410 e. The monoisotopic (exact) mass is 788 g/mol. The normalized spacial score (nSPS) is 11.5. The Kier molecular flexibility index (Phi) is 18.2. The number of alkyl carbamates (subject to hydrolysis) is 1. The molecule has 0 aromatic heterocycles. The molecule has 0 bridgehead atoms. The van der Waals surface area contributed by atoms with Gasteiger partial charge in [0, 0.05) is 45.0 Å². The number of unbranched alkanes of at least 4 members (excludes halogenated alkanes) is 1. The van der Waals surface area contributed by atoms with Gasteiger partial charge < -0.3 is 50.0 Å². The Bertz CT molecular complexity index is 1600. The number of esters is 1. The SMILES string of the molecule is COC(=O)c1cc(F)c(NCCCN(CCCCN(CCCNC(=O)OC(C)(C)C)C(=O)OC(C)(C)C)C(=O)OC(C)(C)C)cc1NC(=O)Nc1ccccc1. The van der Waals surface area contributed by atoms with Gasteiger partial charge in [0.1, 0.15) is 22.6 Å². The van der Waals surface area contributed by atoms with Crippen molar-refractivity contribution in [3.05, 3.63) is 53.8 Å². The van der Waals surface area contributed by atoms with Crippen LogP contribution in [0.1, 0.15) is 98.4 Å². The third-order valence-electron chi connectivity index (χ3n) is 7.40. The Labute approximate surface area is 330 Å².